The fourth-order valence-electron chi connectivity index (χ4n) is 16.2. The number of rotatable bonds is 51. The second kappa shape index (κ2) is 53.7. The Labute approximate surface area is 801 Å². The van der Waals surface area contributed by atoms with E-state index in [-0.39, 0.29) is 109 Å². The number of benzene rings is 4. The van der Waals surface area contributed by atoms with E-state index in [1.165, 1.54) is 48.5 Å². The highest BCUT2D eigenvalue weighted by Crippen LogP contribution is 2.47. The molecule has 0 saturated carbocycles. The topological polar surface area (TPSA) is 641 Å². The third-order valence-corrected chi connectivity index (χ3v) is 28.4. The van der Waals surface area contributed by atoms with Crippen LogP contribution in [0, 0.1) is 30.1 Å². The Balaban J connectivity index is 1.52. The molecule has 1 aliphatic rings. The van der Waals surface area contributed by atoms with Crippen molar-refractivity contribution in [2.24, 2.45) is 57.6 Å². The van der Waals surface area contributed by atoms with Gasteiger partial charge in [-0.1, -0.05) is 114 Å². The molecule has 0 radical (unpaired) electrons. The number of Topliss-reactive ketones (excluding diaryl/α,β-unsaturated/α-hetero) is 5. The van der Waals surface area contributed by atoms with E-state index in [1.54, 1.807) is 62.5 Å². The lowest BCUT2D eigenvalue weighted by Gasteiger charge is -2.39. The minimum absolute atomic E-state index is 0.0496. The number of aromatic amines is 1. The van der Waals surface area contributed by atoms with E-state index < -0.39 is 219 Å². The molecular weight excluding hydrogens is 1790 g/mol. The van der Waals surface area contributed by atoms with Crippen molar-refractivity contribution < 1.29 is 96.1 Å². The molecule has 14 amide bonds. The van der Waals surface area contributed by atoms with Gasteiger partial charge in [0.15, 0.2) is 23.1 Å². The molecule has 1 fully saturated rings. The van der Waals surface area contributed by atoms with E-state index in [9.17, 15) is 57.8 Å². The van der Waals surface area contributed by atoms with Crippen molar-refractivity contribution in [2.45, 2.75) is 281 Å². The Hall–Kier alpha value is -11.7. The molecular formula is C96H140N18O20S2. The number of fused-ring (bicyclic) bond motifs is 2. The third kappa shape index (κ3) is 35.8. The Morgan fingerprint density at radius 1 is 0.566 bits per heavy atom. The summed E-state index contributed by atoms with van der Waals surface area (Å²) in [5.74, 6) is -17.6. The highest BCUT2D eigenvalue weighted by Gasteiger charge is 2.48. The van der Waals surface area contributed by atoms with E-state index >= 15 is 33.6 Å². The number of primary amides is 3. The molecule has 5 aromatic rings. The summed E-state index contributed by atoms with van der Waals surface area (Å²) in [6.07, 6.45) is -2.84. The number of aromatic nitrogens is 1. The minimum Gasteiger partial charge on any atom is -0.492 e. The number of carbonyl (C=O) groups is 18. The van der Waals surface area contributed by atoms with Crippen LogP contribution in [-0.2, 0) is 101 Å². The maximum atomic E-state index is 16.5. The van der Waals surface area contributed by atoms with Gasteiger partial charge in [-0.15, -0.1) is 0 Å². The number of ether oxygens (including phenoxy) is 1. The number of aliphatic hydroxyl groups excluding tert-OH is 1. The van der Waals surface area contributed by atoms with E-state index in [2.05, 4.69) is 63.5 Å². The first-order valence-electron chi connectivity index (χ1n) is 46.1. The molecule has 1 aliphatic heterocycles. The number of urea groups is 1. The Morgan fingerprint density at radius 3 is 1.82 bits per heavy atom. The van der Waals surface area contributed by atoms with Gasteiger partial charge in [-0.3, -0.25) is 81.5 Å². The fraction of sp³-hybridized carbons (Fsp3) is 0.562. The van der Waals surface area contributed by atoms with Gasteiger partial charge in [-0.25, -0.2) is 4.79 Å². The van der Waals surface area contributed by atoms with E-state index in [0.29, 0.717) is 72.0 Å². The summed E-state index contributed by atoms with van der Waals surface area (Å²) in [7, 11) is 1.85. The molecule has 25 N–H and O–H groups in total. The highest BCUT2D eigenvalue weighted by molar-refractivity contribution is 8.77. The molecule has 0 aliphatic carbocycles. The number of aliphatic hydroxyl groups is 1. The van der Waals surface area contributed by atoms with Crippen molar-refractivity contribution in [3.05, 3.63) is 113 Å². The van der Waals surface area contributed by atoms with Crippen molar-refractivity contribution in [3.63, 3.8) is 0 Å². The van der Waals surface area contributed by atoms with Crippen molar-refractivity contribution >= 4 is 149 Å². The smallest absolute Gasteiger partial charge is 0.312 e. The molecule has 40 heteroatoms. The predicted octanol–water partition coefficient (Wildman–Crippen LogP) is 3.17. The predicted molar refractivity (Wildman–Crippen MR) is 518 cm³/mol. The van der Waals surface area contributed by atoms with Crippen LogP contribution in [-0.4, -0.2) is 225 Å². The first-order chi connectivity index (χ1) is 64.0. The number of nitrogens with two attached hydrogens (primary N) is 6. The van der Waals surface area contributed by atoms with Gasteiger partial charge in [0.25, 0.3) is 0 Å². The van der Waals surface area contributed by atoms with Crippen LogP contribution in [0.3, 0.4) is 0 Å². The van der Waals surface area contributed by atoms with Crippen LogP contribution >= 0.6 is 21.6 Å². The second-order valence-electron chi connectivity index (χ2n) is 37.1. The van der Waals surface area contributed by atoms with Gasteiger partial charge in [-0.05, 0) is 191 Å². The molecule has 0 bridgehead atoms. The van der Waals surface area contributed by atoms with Gasteiger partial charge < -0.3 is 108 Å². The lowest BCUT2D eigenvalue weighted by atomic mass is 9.77. The molecule has 1 saturated heterocycles. The number of para-hydroxylation sites is 1. The van der Waals surface area contributed by atoms with Gasteiger partial charge in [0.2, 0.25) is 70.9 Å². The summed E-state index contributed by atoms with van der Waals surface area (Å²) < 4.78 is 2.65. The fourth-order valence-corrected chi connectivity index (χ4v) is 19.0. The molecule has 1 aromatic heterocycles. The van der Waals surface area contributed by atoms with Crippen LogP contribution in [0.5, 0.6) is 5.75 Å². The first kappa shape index (κ1) is 113. The monoisotopic (exact) mass is 1930 g/mol. The van der Waals surface area contributed by atoms with Crippen LogP contribution in [0.2, 0.25) is 0 Å². The Bertz CT molecular complexity index is 5060. The Morgan fingerprint density at radius 2 is 1.19 bits per heavy atom. The van der Waals surface area contributed by atoms with Gasteiger partial charge in [0.1, 0.15) is 54.4 Å². The van der Waals surface area contributed by atoms with Crippen LogP contribution in [0.4, 0.5) is 4.79 Å². The molecule has 13 atom stereocenters. The lowest BCUT2D eigenvalue weighted by molar-refractivity contribution is -0.140. The number of aryl methyl sites for hydroxylation is 1. The van der Waals surface area contributed by atoms with E-state index in [1.807, 2.05) is 49.4 Å². The molecule has 38 nitrogen and oxygen atoms in total. The summed E-state index contributed by atoms with van der Waals surface area (Å²) in [4.78, 5) is 263. The number of hydrogen-bond acceptors (Lipinski definition) is 25. The average molecular weight is 1930 g/mol. The summed E-state index contributed by atoms with van der Waals surface area (Å²) in [5.41, 5.74) is 34.0. The summed E-state index contributed by atoms with van der Waals surface area (Å²) in [6.45, 7) is 18.1. The number of amides is 14. The van der Waals surface area contributed by atoms with Crippen LogP contribution in [0.15, 0.2) is 91.1 Å². The van der Waals surface area contributed by atoms with Crippen LogP contribution in [0.1, 0.15) is 208 Å². The van der Waals surface area contributed by atoms with Crippen LogP contribution in [0.25, 0.3) is 21.7 Å². The van der Waals surface area contributed by atoms with Crippen molar-refractivity contribution in [3.8, 4) is 5.75 Å². The zero-order chi connectivity index (χ0) is 101. The molecule has 4 aromatic carbocycles. The standard InChI is InChI=1S/C96H140N18O20S2/c1-54-23-21-27-68-66(53-105-80(54)68)46-72-87(128)107-70(29-22-41-104-92(102)133)86(127)113-82(94(8,9)135-136-95(10,11)83(106-58(5)118)90(131)110-73(51-79(101)124)88(129)112-81(56(3)116)89(130)109-72)75(120)48-64(43-59-31-34-67(35-32-59)134-42-39-99)84(125)108-71(45-60-30-33-61-24-13-14-26-63(61)44-60)76(121)52-96(12,36-17-19-38-98)91(132)111-69(28-16-20-40-103-57(4)117)74(119)47-65(50-78(100)123)85(126)114-93(6,7)77(122)49-62(55(2)115)25-15-18-37-97/h13-14,21,23-24,26-27,30-35,44,53,56,62,64-65,69-73,81-83,105,116H,15-20,22,25,28-29,36-43,45-52,97-99H2,1-12H3,(H2,100,123)(H2,101,124)(H,103,117)(H,106,118)(H,107,128)(H,108,125)(H,109,130)(H,110,131)(H,111,132)(H,112,129)(H,113,127)(H,114,126)(H3,102,104,133)/t56-,62+,64-,65+,69+,70+,71+,72+,73+,81+,82-,83-,96-/m1/s1. The number of H-pyrrole nitrogens is 1. The van der Waals surface area contributed by atoms with Gasteiger partial charge in [0, 0.05) is 110 Å². The molecule has 0 unspecified atom stereocenters. The van der Waals surface area contributed by atoms with E-state index in [4.69, 9.17) is 39.1 Å². The average Bonchev–Trinajstić information content (AvgIpc) is 1.73. The van der Waals surface area contributed by atoms with Crippen molar-refractivity contribution in [2.75, 3.05) is 39.3 Å². The normalized spacial score (nSPS) is 19.1. The van der Waals surface area contributed by atoms with Gasteiger partial charge in [-0.2, -0.15) is 0 Å². The van der Waals surface area contributed by atoms with Gasteiger partial charge in [0.05, 0.1) is 41.5 Å². The van der Waals surface area contributed by atoms with Crippen LogP contribution < -0.4 is 97.6 Å². The highest BCUT2D eigenvalue weighted by atomic mass is 33.1. The molecule has 6 rings (SSSR count). The van der Waals surface area contributed by atoms with Crippen molar-refractivity contribution in [1.82, 2.24) is 63.5 Å². The largest absolute Gasteiger partial charge is 0.492 e. The number of ketones is 5. The maximum Gasteiger partial charge on any atom is 0.312 e. The minimum atomic E-state index is -1.94. The van der Waals surface area contributed by atoms with Crippen molar-refractivity contribution in [1.29, 1.82) is 0 Å². The number of carbonyl (C=O) groups excluding carboxylic acids is 18. The SMILES string of the molecule is CC(=O)NCCCC[C@H](NC(=O)[C@](C)(CCCCN)CC(=O)[C@H](Cc1ccc2ccccc2c1)NC(=O)[C@@H](CC(=O)[C@H]1NC(=O)[C@H](CCCNC(N)=O)NC(=O)[C@H](Cc2c[nH]c3c(C)cccc23)NC(=O)[C@H]([C@@H](C)O)NC(=O)[C@H](CC(N)=O)NC(=O)[C@@H](NC(C)=O)C(C)(C)SSC1(C)C)Cc1ccc(OCCN)cc1)C(=O)C[C@@H](CC(N)=O)C(=O)NC(C)(C)C(=O)C[C@H](CCCCN)C(C)=O. The quantitative estimate of drug-likeness (QED) is 0.0196. The maximum absolute atomic E-state index is 16.5. The molecule has 2 heterocycles. The van der Waals surface area contributed by atoms with Gasteiger partial charge >= 0.3 is 6.03 Å². The zero-order valence-corrected chi connectivity index (χ0v) is 81.6. The number of nitrogens with one attached hydrogen (secondary N) is 12. The lowest BCUT2D eigenvalue weighted by Crippen LogP contribution is -2.63. The summed E-state index contributed by atoms with van der Waals surface area (Å²) in [5, 5.41) is 43.0. The molecule has 746 valence electrons. The van der Waals surface area contributed by atoms with E-state index in [0.717, 1.165) is 51.8 Å². The zero-order valence-electron chi connectivity index (χ0n) is 80.0. The second-order valence-corrected chi connectivity index (χ2v) is 40.5. The third-order valence-electron chi connectivity index (χ3n) is 24.1. The number of unbranched alkanes of at least 4 members (excludes halogenated alkanes) is 3. The summed E-state index contributed by atoms with van der Waals surface area (Å²) in [6, 6.07) is 10.1. The Kier molecular flexibility index (Phi) is 44.6. The molecule has 136 heavy (non-hydrogen) atoms. The first-order valence-corrected chi connectivity index (χ1v) is 48.3. The summed E-state index contributed by atoms with van der Waals surface area (Å²) >= 11 is 0. The molecule has 0 spiro atoms. The number of hydrogen-bond donors (Lipinski definition) is 19.